The van der Waals surface area contributed by atoms with Crippen LogP contribution in [0.4, 0.5) is 0 Å². The van der Waals surface area contributed by atoms with Gasteiger partial charge >= 0.3 is 0 Å². The number of methoxy groups -OCH3 is 1. The van der Waals surface area contributed by atoms with Gasteiger partial charge in [-0.25, -0.2) is 0 Å². The number of nitrogens with zero attached hydrogens (tertiary/aromatic N) is 1. The molecule has 1 atom stereocenters. The standard InChI is InChI=1S/C14H22N2O/c1-17-14(10-15)7-9-16-8-6-12-4-2-3-5-13(12)11-16/h2-5,14H,6-11,15H2,1H3. The predicted octanol–water partition coefficient (Wildman–Crippen LogP) is 1.41. The van der Waals surface area contributed by atoms with Gasteiger partial charge in [0.2, 0.25) is 0 Å². The van der Waals surface area contributed by atoms with Gasteiger partial charge in [-0.15, -0.1) is 0 Å². The second-order valence-corrected chi connectivity index (χ2v) is 4.68. The molecule has 0 aliphatic carbocycles. The van der Waals surface area contributed by atoms with Gasteiger partial charge in [0, 0.05) is 33.3 Å². The summed E-state index contributed by atoms with van der Waals surface area (Å²) in [4.78, 5) is 2.49. The molecule has 1 aromatic rings. The molecule has 1 aliphatic heterocycles. The Kier molecular flexibility index (Phi) is 4.54. The predicted molar refractivity (Wildman–Crippen MR) is 69.9 cm³/mol. The van der Waals surface area contributed by atoms with E-state index in [1.165, 1.54) is 11.1 Å². The lowest BCUT2D eigenvalue weighted by Gasteiger charge is -2.29. The fourth-order valence-electron chi connectivity index (χ4n) is 2.40. The maximum atomic E-state index is 5.63. The van der Waals surface area contributed by atoms with Crippen molar-refractivity contribution in [2.24, 2.45) is 5.73 Å². The first-order chi connectivity index (χ1) is 8.33. The molecule has 2 rings (SSSR count). The third-order valence-corrected chi connectivity index (χ3v) is 3.57. The quantitative estimate of drug-likeness (QED) is 0.837. The van der Waals surface area contributed by atoms with Gasteiger partial charge in [0.1, 0.15) is 0 Å². The molecular formula is C14H22N2O. The van der Waals surface area contributed by atoms with Crippen LogP contribution >= 0.6 is 0 Å². The van der Waals surface area contributed by atoms with E-state index in [0.29, 0.717) is 6.54 Å². The highest BCUT2D eigenvalue weighted by Gasteiger charge is 2.16. The van der Waals surface area contributed by atoms with Crippen molar-refractivity contribution < 1.29 is 4.74 Å². The Morgan fingerprint density at radius 1 is 1.35 bits per heavy atom. The molecule has 0 aromatic heterocycles. The lowest BCUT2D eigenvalue weighted by atomic mass is 10.00. The summed E-state index contributed by atoms with van der Waals surface area (Å²) < 4.78 is 5.31. The van der Waals surface area contributed by atoms with Crippen LogP contribution in [-0.4, -0.2) is 37.7 Å². The molecule has 0 amide bonds. The lowest BCUT2D eigenvalue weighted by Crippen LogP contribution is -2.34. The molecule has 1 aliphatic rings. The zero-order chi connectivity index (χ0) is 12.1. The van der Waals surface area contributed by atoms with Crippen LogP contribution in [-0.2, 0) is 17.7 Å². The Labute approximate surface area is 104 Å². The van der Waals surface area contributed by atoms with E-state index < -0.39 is 0 Å². The molecule has 94 valence electrons. The zero-order valence-electron chi connectivity index (χ0n) is 10.6. The molecule has 0 saturated carbocycles. The van der Waals surface area contributed by atoms with Gasteiger partial charge in [-0.2, -0.15) is 0 Å². The fraction of sp³-hybridized carbons (Fsp3) is 0.571. The molecule has 1 aromatic carbocycles. The van der Waals surface area contributed by atoms with Gasteiger partial charge in [0.05, 0.1) is 6.10 Å². The van der Waals surface area contributed by atoms with Crippen molar-refractivity contribution in [3.63, 3.8) is 0 Å². The average molecular weight is 234 g/mol. The second kappa shape index (κ2) is 6.15. The van der Waals surface area contributed by atoms with Gasteiger partial charge in [-0.1, -0.05) is 24.3 Å². The Morgan fingerprint density at radius 2 is 2.12 bits per heavy atom. The molecule has 0 radical (unpaired) electrons. The summed E-state index contributed by atoms with van der Waals surface area (Å²) in [6, 6.07) is 8.73. The molecule has 3 nitrogen and oxygen atoms in total. The molecule has 2 N–H and O–H groups in total. The molecule has 1 unspecified atom stereocenters. The lowest BCUT2D eigenvalue weighted by molar-refractivity contribution is 0.0874. The number of benzene rings is 1. The smallest absolute Gasteiger partial charge is 0.0705 e. The van der Waals surface area contributed by atoms with Gasteiger partial charge in [-0.3, -0.25) is 4.90 Å². The number of rotatable bonds is 5. The number of ether oxygens (including phenoxy) is 1. The highest BCUT2D eigenvalue weighted by molar-refractivity contribution is 5.28. The van der Waals surface area contributed by atoms with E-state index in [9.17, 15) is 0 Å². The average Bonchev–Trinajstić information content (AvgIpc) is 2.40. The number of fused-ring (bicyclic) bond motifs is 1. The van der Waals surface area contributed by atoms with Crippen LogP contribution in [0.2, 0.25) is 0 Å². The summed E-state index contributed by atoms with van der Waals surface area (Å²) in [6.45, 7) is 3.90. The molecule has 3 heteroatoms. The van der Waals surface area contributed by atoms with Crippen molar-refractivity contribution in [2.75, 3.05) is 26.7 Å². The highest BCUT2D eigenvalue weighted by Crippen LogP contribution is 2.18. The second-order valence-electron chi connectivity index (χ2n) is 4.68. The van der Waals surface area contributed by atoms with E-state index in [0.717, 1.165) is 32.5 Å². The van der Waals surface area contributed by atoms with Crippen LogP contribution in [0.3, 0.4) is 0 Å². The van der Waals surface area contributed by atoms with Crippen LogP contribution in [0.5, 0.6) is 0 Å². The van der Waals surface area contributed by atoms with E-state index in [1.54, 1.807) is 7.11 Å². The van der Waals surface area contributed by atoms with E-state index in [2.05, 4.69) is 29.2 Å². The van der Waals surface area contributed by atoms with Crippen molar-refractivity contribution >= 4 is 0 Å². The first-order valence-corrected chi connectivity index (χ1v) is 6.35. The third kappa shape index (κ3) is 3.28. The summed E-state index contributed by atoms with van der Waals surface area (Å²) in [7, 11) is 1.74. The topological polar surface area (TPSA) is 38.5 Å². The maximum absolute atomic E-state index is 5.63. The minimum atomic E-state index is 0.201. The van der Waals surface area contributed by atoms with E-state index >= 15 is 0 Å². The van der Waals surface area contributed by atoms with Crippen LogP contribution in [0.1, 0.15) is 17.5 Å². The van der Waals surface area contributed by atoms with Crippen molar-refractivity contribution in [2.45, 2.75) is 25.5 Å². The molecule has 17 heavy (non-hydrogen) atoms. The zero-order valence-corrected chi connectivity index (χ0v) is 10.6. The first kappa shape index (κ1) is 12.6. The summed E-state index contributed by atoms with van der Waals surface area (Å²) in [5.41, 5.74) is 8.61. The van der Waals surface area contributed by atoms with Gasteiger partial charge < -0.3 is 10.5 Å². The highest BCUT2D eigenvalue weighted by atomic mass is 16.5. The molecular weight excluding hydrogens is 212 g/mol. The van der Waals surface area contributed by atoms with Gasteiger partial charge in [0.25, 0.3) is 0 Å². The Morgan fingerprint density at radius 3 is 2.82 bits per heavy atom. The van der Waals surface area contributed by atoms with Crippen LogP contribution in [0.15, 0.2) is 24.3 Å². The normalized spacial score (nSPS) is 17.8. The van der Waals surface area contributed by atoms with Crippen LogP contribution in [0, 0.1) is 0 Å². The fourth-order valence-corrected chi connectivity index (χ4v) is 2.40. The van der Waals surface area contributed by atoms with Crippen LogP contribution < -0.4 is 5.73 Å². The van der Waals surface area contributed by atoms with Gasteiger partial charge in [-0.05, 0) is 24.0 Å². The van der Waals surface area contributed by atoms with Crippen molar-refractivity contribution in [3.05, 3.63) is 35.4 Å². The largest absolute Gasteiger partial charge is 0.380 e. The maximum Gasteiger partial charge on any atom is 0.0705 e. The molecule has 0 fully saturated rings. The van der Waals surface area contributed by atoms with Crippen molar-refractivity contribution in [1.29, 1.82) is 0 Å². The number of hydrogen-bond donors (Lipinski definition) is 1. The first-order valence-electron chi connectivity index (χ1n) is 6.35. The van der Waals surface area contributed by atoms with Crippen molar-refractivity contribution in [1.82, 2.24) is 4.90 Å². The summed E-state index contributed by atoms with van der Waals surface area (Å²) in [5, 5.41) is 0. The van der Waals surface area contributed by atoms with Crippen molar-refractivity contribution in [3.8, 4) is 0 Å². The molecule has 0 spiro atoms. The molecule has 0 bridgehead atoms. The SMILES string of the molecule is COC(CN)CCN1CCc2ccccc2C1. The Balaban J connectivity index is 1.86. The minimum absolute atomic E-state index is 0.201. The Bertz CT molecular complexity index is 350. The number of nitrogens with two attached hydrogens (primary N) is 1. The summed E-state index contributed by atoms with van der Waals surface area (Å²) >= 11 is 0. The van der Waals surface area contributed by atoms with E-state index in [-0.39, 0.29) is 6.10 Å². The van der Waals surface area contributed by atoms with E-state index in [1.807, 2.05) is 0 Å². The van der Waals surface area contributed by atoms with E-state index in [4.69, 9.17) is 10.5 Å². The van der Waals surface area contributed by atoms with Crippen LogP contribution in [0.25, 0.3) is 0 Å². The molecule has 1 heterocycles. The Hall–Kier alpha value is -0.900. The summed E-state index contributed by atoms with van der Waals surface area (Å²) in [5.74, 6) is 0. The third-order valence-electron chi connectivity index (χ3n) is 3.57. The summed E-state index contributed by atoms with van der Waals surface area (Å²) in [6.07, 6.45) is 2.39. The number of hydrogen-bond acceptors (Lipinski definition) is 3. The van der Waals surface area contributed by atoms with Gasteiger partial charge in [0.15, 0.2) is 0 Å². The molecule has 0 saturated heterocycles. The monoisotopic (exact) mass is 234 g/mol. The minimum Gasteiger partial charge on any atom is -0.380 e.